The lowest BCUT2D eigenvalue weighted by molar-refractivity contribution is 0.400. The fourth-order valence-corrected chi connectivity index (χ4v) is 2.35. The summed E-state index contributed by atoms with van der Waals surface area (Å²) >= 11 is 0. The molecule has 0 saturated carbocycles. The molecule has 0 radical (unpaired) electrons. The molecule has 0 aliphatic carbocycles. The molecule has 0 N–H and O–H groups in total. The van der Waals surface area contributed by atoms with Crippen LogP contribution in [0.3, 0.4) is 0 Å². The average Bonchev–Trinajstić information content (AvgIpc) is 2.32. The van der Waals surface area contributed by atoms with Gasteiger partial charge in [0.1, 0.15) is 0 Å². The third kappa shape index (κ3) is 2.86. The lowest BCUT2D eigenvalue weighted by atomic mass is 9.96. The molecule has 1 heteroatoms. The topological polar surface area (TPSA) is 3.24 Å². The molecule has 0 aliphatic heterocycles. The predicted octanol–water partition coefficient (Wildman–Crippen LogP) is 3.64. The van der Waals surface area contributed by atoms with Gasteiger partial charge >= 0.3 is 0 Å². The molecule has 0 saturated heterocycles. The van der Waals surface area contributed by atoms with Crippen molar-refractivity contribution in [3.05, 3.63) is 47.5 Å². The second-order valence-electron chi connectivity index (χ2n) is 4.99. The van der Waals surface area contributed by atoms with Gasteiger partial charge < -0.3 is 4.90 Å². The normalized spacial score (nSPS) is 11.3. The van der Waals surface area contributed by atoms with Crippen molar-refractivity contribution in [3.8, 4) is 0 Å². The van der Waals surface area contributed by atoms with E-state index in [2.05, 4.69) is 62.3 Å². The van der Waals surface area contributed by atoms with E-state index in [1.165, 1.54) is 34.7 Å². The van der Waals surface area contributed by atoms with Gasteiger partial charge in [0.2, 0.25) is 0 Å². The van der Waals surface area contributed by atoms with Crippen molar-refractivity contribution in [3.63, 3.8) is 0 Å². The summed E-state index contributed by atoms with van der Waals surface area (Å²) in [6, 6.07) is 13.2. The Kier molecular flexibility index (Phi) is 3.80. The van der Waals surface area contributed by atoms with Crippen LogP contribution in [-0.2, 0) is 6.42 Å². The highest BCUT2D eigenvalue weighted by Crippen LogP contribution is 2.23. The Morgan fingerprint density at radius 2 is 1.76 bits per heavy atom. The van der Waals surface area contributed by atoms with E-state index in [1.807, 2.05) is 0 Å². The van der Waals surface area contributed by atoms with E-state index in [-0.39, 0.29) is 0 Å². The molecular weight excluding hydrogens is 206 g/mol. The molecule has 1 nitrogen and oxygen atoms in total. The molecule has 0 bridgehead atoms. The van der Waals surface area contributed by atoms with Crippen molar-refractivity contribution in [1.82, 2.24) is 4.90 Å². The zero-order valence-corrected chi connectivity index (χ0v) is 11.0. The molecule has 90 valence electrons. The van der Waals surface area contributed by atoms with Crippen LogP contribution in [0, 0.1) is 6.92 Å². The summed E-state index contributed by atoms with van der Waals surface area (Å²) in [5.74, 6) is 0. The van der Waals surface area contributed by atoms with E-state index < -0.39 is 0 Å². The maximum absolute atomic E-state index is 2.25. The zero-order valence-electron chi connectivity index (χ0n) is 11.0. The molecule has 17 heavy (non-hydrogen) atoms. The number of aryl methyl sites for hydroxylation is 2. The summed E-state index contributed by atoms with van der Waals surface area (Å²) in [5.41, 5.74) is 2.94. The Balaban J connectivity index is 2.28. The third-order valence-corrected chi connectivity index (χ3v) is 3.31. The van der Waals surface area contributed by atoms with Crippen molar-refractivity contribution < 1.29 is 0 Å². The Labute approximate surface area is 104 Å². The highest BCUT2D eigenvalue weighted by atomic mass is 15.0. The summed E-state index contributed by atoms with van der Waals surface area (Å²) in [4.78, 5) is 2.25. The van der Waals surface area contributed by atoms with Crippen LogP contribution < -0.4 is 0 Å². The van der Waals surface area contributed by atoms with E-state index in [0.717, 1.165) is 6.54 Å². The molecule has 2 aromatic rings. The standard InChI is InChI=1S/C16H21N/c1-13-10-11-14-7-4-5-8-16(14)15(13)9-6-12-17(2)3/h4-5,7-8,10-11H,6,9,12H2,1-3H3. The van der Waals surface area contributed by atoms with Crippen molar-refractivity contribution in [2.24, 2.45) is 0 Å². The SMILES string of the molecule is Cc1ccc2ccccc2c1CCCN(C)C. The summed E-state index contributed by atoms with van der Waals surface area (Å²) in [5, 5.41) is 2.78. The summed E-state index contributed by atoms with van der Waals surface area (Å²) in [7, 11) is 4.27. The number of benzene rings is 2. The van der Waals surface area contributed by atoms with Crippen LogP contribution in [0.1, 0.15) is 17.5 Å². The Hall–Kier alpha value is -1.34. The molecule has 0 amide bonds. The molecule has 2 aromatic carbocycles. The van der Waals surface area contributed by atoms with Crippen LogP contribution >= 0.6 is 0 Å². The first-order chi connectivity index (χ1) is 8.18. The lowest BCUT2D eigenvalue weighted by Gasteiger charge is -2.12. The fourth-order valence-electron chi connectivity index (χ4n) is 2.35. The van der Waals surface area contributed by atoms with Crippen LogP contribution in [0.2, 0.25) is 0 Å². The summed E-state index contributed by atoms with van der Waals surface area (Å²) < 4.78 is 0. The maximum atomic E-state index is 2.25. The number of nitrogens with zero attached hydrogens (tertiary/aromatic N) is 1. The minimum Gasteiger partial charge on any atom is -0.309 e. The van der Waals surface area contributed by atoms with Gasteiger partial charge in [-0.05, 0) is 62.3 Å². The van der Waals surface area contributed by atoms with Gasteiger partial charge in [-0.15, -0.1) is 0 Å². The van der Waals surface area contributed by atoms with Crippen molar-refractivity contribution in [2.45, 2.75) is 19.8 Å². The van der Waals surface area contributed by atoms with E-state index in [1.54, 1.807) is 0 Å². The zero-order chi connectivity index (χ0) is 12.3. The monoisotopic (exact) mass is 227 g/mol. The van der Waals surface area contributed by atoms with Gasteiger partial charge in [-0.2, -0.15) is 0 Å². The van der Waals surface area contributed by atoms with Gasteiger partial charge in [0.15, 0.2) is 0 Å². The van der Waals surface area contributed by atoms with Crippen molar-refractivity contribution in [1.29, 1.82) is 0 Å². The van der Waals surface area contributed by atoms with Crippen LogP contribution in [0.15, 0.2) is 36.4 Å². The van der Waals surface area contributed by atoms with E-state index in [4.69, 9.17) is 0 Å². The number of hydrogen-bond acceptors (Lipinski definition) is 1. The largest absolute Gasteiger partial charge is 0.309 e. The first kappa shape index (κ1) is 12.1. The van der Waals surface area contributed by atoms with Gasteiger partial charge in [0.05, 0.1) is 0 Å². The van der Waals surface area contributed by atoms with Gasteiger partial charge in [-0.1, -0.05) is 36.4 Å². The van der Waals surface area contributed by atoms with Crippen LogP contribution in [0.5, 0.6) is 0 Å². The first-order valence-corrected chi connectivity index (χ1v) is 6.30. The second-order valence-corrected chi connectivity index (χ2v) is 4.99. The number of hydrogen-bond donors (Lipinski definition) is 0. The molecule has 0 spiro atoms. The Morgan fingerprint density at radius 1 is 1.00 bits per heavy atom. The average molecular weight is 227 g/mol. The van der Waals surface area contributed by atoms with Crippen LogP contribution in [-0.4, -0.2) is 25.5 Å². The van der Waals surface area contributed by atoms with Crippen molar-refractivity contribution >= 4 is 10.8 Å². The molecule has 0 unspecified atom stereocenters. The molecule has 0 aromatic heterocycles. The first-order valence-electron chi connectivity index (χ1n) is 6.30. The van der Waals surface area contributed by atoms with Crippen molar-refractivity contribution in [2.75, 3.05) is 20.6 Å². The molecular formula is C16H21N. The summed E-state index contributed by atoms with van der Waals surface area (Å²) in [6.07, 6.45) is 2.40. The van der Waals surface area contributed by atoms with Crippen LogP contribution in [0.4, 0.5) is 0 Å². The van der Waals surface area contributed by atoms with Gasteiger partial charge in [0.25, 0.3) is 0 Å². The van der Waals surface area contributed by atoms with Gasteiger partial charge in [-0.25, -0.2) is 0 Å². The number of rotatable bonds is 4. The Bertz CT molecular complexity index is 500. The minimum absolute atomic E-state index is 1.16. The lowest BCUT2D eigenvalue weighted by Crippen LogP contribution is -2.13. The third-order valence-electron chi connectivity index (χ3n) is 3.31. The van der Waals surface area contributed by atoms with E-state index >= 15 is 0 Å². The molecule has 2 rings (SSSR count). The van der Waals surface area contributed by atoms with E-state index in [9.17, 15) is 0 Å². The van der Waals surface area contributed by atoms with Gasteiger partial charge in [0, 0.05) is 0 Å². The van der Waals surface area contributed by atoms with Crippen LogP contribution in [0.25, 0.3) is 10.8 Å². The smallest absolute Gasteiger partial charge is 0.00217 e. The highest BCUT2D eigenvalue weighted by Gasteiger charge is 2.04. The molecule has 0 atom stereocenters. The molecule has 0 heterocycles. The second kappa shape index (κ2) is 5.33. The quantitative estimate of drug-likeness (QED) is 0.770. The molecule has 0 fully saturated rings. The Morgan fingerprint density at radius 3 is 2.53 bits per heavy atom. The fraction of sp³-hybridized carbons (Fsp3) is 0.375. The minimum atomic E-state index is 1.16. The maximum Gasteiger partial charge on any atom is -0.00217 e. The molecule has 0 aliphatic rings. The van der Waals surface area contributed by atoms with Gasteiger partial charge in [-0.3, -0.25) is 0 Å². The number of fused-ring (bicyclic) bond motifs is 1. The summed E-state index contributed by atoms with van der Waals surface area (Å²) in [6.45, 7) is 3.38. The predicted molar refractivity (Wildman–Crippen MR) is 75.6 cm³/mol. The highest BCUT2D eigenvalue weighted by molar-refractivity contribution is 5.86. The van der Waals surface area contributed by atoms with E-state index in [0.29, 0.717) is 0 Å².